The van der Waals surface area contributed by atoms with E-state index >= 15 is 0 Å². The number of pyridine rings is 2. The van der Waals surface area contributed by atoms with E-state index in [1.165, 1.54) is 6.07 Å². The lowest BCUT2D eigenvalue weighted by atomic mass is 10.1. The molecule has 0 unspecified atom stereocenters. The van der Waals surface area contributed by atoms with Gasteiger partial charge in [0.1, 0.15) is 17.3 Å². The van der Waals surface area contributed by atoms with Crippen LogP contribution in [0.1, 0.15) is 11.1 Å². The molecule has 3 heterocycles. The topological polar surface area (TPSA) is 41.5 Å². The highest BCUT2D eigenvalue weighted by molar-refractivity contribution is 5.41. The maximum absolute atomic E-state index is 12.7. The highest BCUT2D eigenvalue weighted by Crippen LogP contribution is 2.30. The fourth-order valence-corrected chi connectivity index (χ4v) is 3.39. The number of para-hydroxylation sites is 1. The van der Waals surface area contributed by atoms with Crippen molar-refractivity contribution in [2.45, 2.75) is 12.7 Å². The fourth-order valence-electron chi connectivity index (χ4n) is 3.39. The van der Waals surface area contributed by atoms with Crippen LogP contribution in [0.4, 0.5) is 19.0 Å². The number of benzene rings is 1. The summed E-state index contributed by atoms with van der Waals surface area (Å²) < 4.78 is 44.1. The molecular weight excluding hydrogens is 393 g/mol. The number of halogens is 3. The summed E-state index contributed by atoms with van der Waals surface area (Å²) in [6.07, 6.45) is -0.0976. The van der Waals surface area contributed by atoms with Crippen molar-refractivity contribution >= 4 is 5.82 Å². The van der Waals surface area contributed by atoms with Crippen LogP contribution in [0.5, 0.6) is 11.5 Å². The molecule has 0 atom stereocenters. The molecule has 0 bridgehead atoms. The second kappa shape index (κ2) is 8.71. The van der Waals surface area contributed by atoms with E-state index in [2.05, 4.69) is 14.9 Å². The summed E-state index contributed by atoms with van der Waals surface area (Å²) in [4.78, 5) is 12.4. The number of piperazine rings is 1. The SMILES string of the molecule is FC(F)(F)c1ccc(N2CCN(Cc3ccccc3Oc3cccnc3)CC2)nc1. The average molecular weight is 414 g/mol. The van der Waals surface area contributed by atoms with Crippen LogP contribution in [0.25, 0.3) is 0 Å². The Morgan fingerprint density at radius 3 is 2.37 bits per heavy atom. The molecule has 0 amide bonds. The van der Waals surface area contributed by atoms with E-state index in [4.69, 9.17) is 4.74 Å². The Balaban J connectivity index is 1.36. The third kappa shape index (κ3) is 4.88. The maximum atomic E-state index is 12.7. The zero-order valence-corrected chi connectivity index (χ0v) is 16.2. The number of anilines is 1. The van der Waals surface area contributed by atoms with Crippen LogP contribution in [0.3, 0.4) is 0 Å². The van der Waals surface area contributed by atoms with Gasteiger partial charge in [0.15, 0.2) is 0 Å². The van der Waals surface area contributed by atoms with Crippen LogP contribution in [0.15, 0.2) is 67.1 Å². The maximum Gasteiger partial charge on any atom is 0.417 e. The molecule has 1 fully saturated rings. The van der Waals surface area contributed by atoms with Gasteiger partial charge in [0.25, 0.3) is 0 Å². The van der Waals surface area contributed by atoms with Gasteiger partial charge in [0.05, 0.1) is 11.8 Å². The second-order valence-electron chi connectivity index (χ2n) is 7.06. The molecule has 1 aromatic carbocycles. The zero-order chi connectivity index (χ0) is 21.0. The molecule has 1 aliphatic rings. The summed E-state index contributed by atoms with van der Waals surface area (Å²) >= 11 is 0. The van der Waals surface area contributed by atoms with E-state index < -0.39 is 11.7 Å². The Morgan fingerprint density at radius 2 is 1.70 bits per heavy atom. The van der Waals surface area contributed by atoms with Gasteiger partial charge in [-0.1, -0.05) is 18.2 Å². The molecule has 1 aliphatic heterocycles. The minimum atomic E-state index is -4.37. The molecular formula is C22H21F3N4O. The van der Waals surface area contributed by atoms with E-state index in [0.29, 0.717) is 24.7 Å². The predicted octanol–water partition coefficient (Wildman–Crippen LogP) is 4.61. The van der Waals surface area contributed by atoms with Crippen molar-refractivity contribution in [3.05, 3.63) is 78.2 Å². The summed E-state index contributed by atoms with van der Waals surface area (Å²) in [6, 6.07) is 14.1. The van der Waals surface area contributed by atoms with Gasteiger partial charge in [0.2, 0.25) is 0 Å². The monoisotopic (exact) mass is 414 g/mol. The molecule has 3 aromatic rings. The van der Waals surface area contributed by atoms with Gasteiger partial charge in [-0.05, 0) is 30.3 Å². The third-order valence-corrected chi connectivity index (χ3v) is 5.00. The van der Waals surface area contributed by atoms with E-state index in [9.17, 15) is 13.2 Å². The van der Waals surface area contributed by atoms with Crippen molar-refractivity contribution in [1.29, 1.82) is 0 Å². The van der Waals surface area contributed by atoms with Crippen LogP contribution in [-0.4, -0.2) is 41.0 Å². The van der Waals surface area contributed by atoms with Crippen LogP contribution in [0, 0.1) is 0 Å². The zero-order valence-electron chi connectivity index (χ0n) is 16.2. The second-order valence-corrected chi connectivity index (χ2v) is 7.06. The first-order valence-corrected chi connectivity index (χ1v) is 9.65. The summed E-state index contributed by atoms with van der Waals surface area (Å²) in [6.45, 7) is 3.69. The average Bonchev–Trinajstić information content (AvgIpc) is 2.76. The molecule has 0 radical (unpaired) electrons. The standard InChI is InChI=1S/C22H21F3N4O/c23-22(24,25)18-7-8-21(27-14-18)29-12-10-28(11-13-29)16-17-4-1-2-6-20(17)30-19-5-3-9-26-15-19/h1-9,14-15H,10-13,16H2. The lowest BCUT2D eigenvalue weighted by Crippen LogP contribution is -2.46. The molecule has 2 aromatic heterocycles. The number of rotatable bonds is 5. The third-order valence-electron chi connectivity index (χ3n) is 5.00. The molecule has 4 rings (SSSR count). The Kier molecular flexibility index (Phi) is 5.85. The summed E-state index contributed by atoms with van der Waals surface area (Å²) in [5.74, 6) is 2.04. The lowest BCUT2D eigenvalue weighted by molar-refractivity contribution is -0.137. The number of nitrogens with zero attached hydrogens (tertiary/aromatic N) is 4. The molecule has 0 spiro atoms. The van der Waals surface area contributed by atoms with Crippen molar-refractivity contribution in [3.63, 3.8) is 0 Å². The van der Waals surface area contributed by atoms with Crippen molar-refractivity contribution in [2.24, 2.45) is 0 Å². The van der Waals surface area contributed by atoms with E-state index in [-0.39, 0.29) is 0 Å². The first kappa shape index (κ1) is 20.2. The Hall–Kier alpha value is -3.13. The molecule has 0 N–H and O–H groups in total. The molecule has 0 saturated carbocycles. The van der Waals surface area contributed by atoms with Gasteiger partial charge < -0.3 is 9.64 Å². The van der Waals surface area contributed by atoms with Crippen molar-refractivity contribution in [3.8, 4) is 11.5 Å². The summed E-state index contributed by atoms with van der Waals surface area (Å²) in [5.41, 5.74) is 0.345. The van der Waals surface area contributed by atoms with Gasteiger partial charge in [-0.15, -0.1) is 0 Å². The molecule has 0 aliphatic carbocycles. The largest absolute Gasteiger partial charge is 0.455 e. The van der Waals surface area contributed by atoms with Crippen LogP contribution in [0.2, 0.25) is 0 Å². The number of hydrogen-bond acceptors (Lipinski definition) is 5. The number of alkyl halides is 3. The quantitative estimate of drug-likeness (QED) is 0.610. The van der Waals surface area contributed by atoms with E-state index in [1.54, 1.807) is 12.4 Å². The first-order chi connectivity index (χ1) is 14.5. The van der Waals surface area contributed by atoms with E-state index in [1.807, 2.05) is 41.3 Å². The minimum Gasteiger partial charge on any atom is -0.455 e. The van der Waals surface area contributed by atoms with Crippen LogP contribution in [-0.2, 0) is 12.7 Å². The lowest BCUT2D eigenvalue weighted by Gasteiger charge is -2.35. The van der Waals surface area contributed by atoms with Crippen molar-refractivity contribution in [1.82, 2.24) is 14.9 Å². The molecule has 5 nitrogen and oxygen atoms in total. The van der Waals surface area contributed by atoms with Gasteiger partial charge in [-0.2, -0.15) is 13.2 Å². The fraction of sp³-hybridized carbons (Fsp3) is 0.273. The highest BCUT2D eigenvalue weighted by atomic mass is 19.4. The Labute approximate surface area is 172 Å². The van der Waals surface area contributed by atoms with Crippen molar-refractivity contribution < 1.29 is 17.9 Å². The van der Waals surface area contributed by atoms with Gasteiger partial charge in [0, 0.05) is 50.7 Å². The molecule has 30 heavy (non-hydrogen) atoms. The highest BCUT2D eigenvalue weighted by Gasteiger charge is 2.31. The minimum absolute atomic E-state index is 0.572. The first-order valence-electron chi connectivity index (χ1n) is 9.65. The van der Waals surface area contributed by atoms with Gasteiger partial charge in [-0.25, -0.2) is 4.98 Å². The molecule has 1 saturated heterocycles. The van der Waals surface area contributed by atoms with E-state index in [0.717, 1.165) is 43.2 Å². The normalized spacial score (nSPS) is 15.2. The van der Waals surface area contributed by atoms with Gasteiger partial charge in [-0.3, -0.25) is 9.88 Å². The summed E-state index contributed by atoms with van der Waals surface area (Å²) in [5, 5.41) is 0. The molecule has 156 valence electrons. The van der Waals surface area contributed by atoms with Crippen LogP contribution >= 0.6 is 0 Å². The number of ether oxygens (including phenoxy) is 1. The number of hydrogen-bond donors (Lipinski definition) is 0. The van der Waals surface area contributed by atoms with Crippen molar-refractivity contribution in [2.75, 3.05) is 31.1 Å². The smallest absolute Gasteiger partial charge is 0.417 e. The summed E-state index contributed by atoms with van der Waals surface area (Å²) in [7, 11) is 0. The molecule has 8 heteroatoms. The number of aromatic nitrogens is 2. The predicted molar refractivity (Wildman–Crippen MR) is 107 cm³/mol. The van der Waals surface area contributed by atoms with Gasteiger partial charge >= 0.3 is 6.18 Å². The Bertz CT molecular complexity index is 956. The Morgan fingerprint density at radius 1 is 0.900 bits per heavy atom. The van der Waals surface area contributed by atoms with Crippen LogP contribution < -0.4 is 9.64 Å².